The summed E-state index contributed by atoms with van der Waals surface area (Å²) in [6.07, 6.45) is 1.24. The lowest BCUT2D eigenvalue weighted by Crippen LogP contribution is -2.31. The summed E-state index contributed by atoms with van der Waals surface area (Å²) in [7, 11) is 2.65. The Labute approximate surface area is 196 Å². The molecule has 0 fully saturated rings. The summed E-state index contributed by atoms with van der Waals surface area (Å²) >= 11 is 0.917. The molecule has 0 spiro atoms. The van der Waals surface area contributed by atoms with Gasteiger partial charge in [0, 0.05) is 19.1 Å². The molecular weight excluding hydrogens is 456 g/mol. The number of ether oxygens (including phenoxy) is 4. The fraction of sp³-hybridized carbons (Fsp3) is 0.571. The van der Waals surface area contributed by atoms with Crippen molar-refractivity contribution in [2.45, 2.75) is 45.6 Å². The first kappa shape index (κ1) is 28.0. The van der Waals surface area contributed by atoms with E-state index in [4.69, 9.17) is 14.2 Å². The largest absolute Gasteiger partial charge is 0.493 e. The van der Waals surface area contributed by atoms with E-state index in [0.29, 0.717) is 12.8 Å². The number of nitrogens with zero attached hydrogens (tertiary/aromatic N) is 1. The topological polar surface area (TPSA) is 143 Å². The van der Waals surface area contributed by atoms with Gasteiger partial charge in [-0.3, -0.25) is 19.7 Å². The van der Waals surface area contributed by atoms with E-state index >= 15 is 0 Å². The number of nitro benzene ring substituents is 1. The van der Waals surface area contributed by atoms with Crippen molar-refractivity contribution in [2.24, 2.45) is 0 Å². The lowest BCUT2D eigenvalue weighted by atomic mass is 10.0. The number of nitro groups is 1. The Kier molecular flexibility index (Phi) is 12.7. The second-order valence-electron chi connectivity index (χ2n) is 6.84. The molecule has 184 valence electrons. The molecule has 0 heterocycles. The van der Waals surface area contributed by atoms with Gasteiger partial charge in [-0.1, -0.05) is 25.1 Å². The average Bonchev–Trinajstić information content (AvgIpc) is 2.78. The summed E-state index contributed by atoms with van der Waals surface area (Å²) in [5, 5.41) is 14.2. The molecule has 1 rings (SSSR count). The molecule has 12 heteroatoms. The molecule has 1 aromatic rings. The summed E-state index contributed by atoms with van der Waals surface area (Å²) in [5.74, 6) is -0.0230. The number of nitrogens with one attached hydrogen (secondary N) is 1. The second kappa shape index (κ2) is 14.9. The van der Waals surface area contributed by atoms with E-state index in [1.807, 2.05) is 6.92 Å². The van der Waals surface area contributed by atoms with Crippen LogP contribution in [0.4, 0.5) is 10.5 Å². The highest BCUT2D eigenvalue weighted by atomic mass is 32.2. The van der Waals surface area contributed by atoms with Crippen LogP contribution in [0.1, 0.15) is 51.1 Å². The third kappa shape index (κ3) is 9.98. The van der Waals surface area contributed by atoms with Crippen LogP contribution in [0.25, 0.3) is 0 Å². The summed E-state index contributed by atoms with van der Waals surface area (Å²) in [5.41, 5.74) is -0.179. The molecule has 0 saturated heterocycles. The molecule has 11 nitrogen and oxygen atoms in total. The summed E-state index contributed by atoms with van der Waals surface area (Å²) in [4.78, 5) is 46.1. The molecule has 0 aromatic heterocycles. The zero-order chi connectivity index (χ0) is 24.8. The monoisotopic (exact) mass is 486 g/mol. The number of benzene rings is 1. The minimum atomic E-state index is -0.893. The number of amides is 1. The number of methoxy groups -OCH3 is 2. The van der Waals surface area contributed by atoms with Crippen molar-refractivity contribution in [1.29, 1.82) is 0 Å². The molecule has 0 aliphatic heterocycles. The molecule has 33 heavy (non-hydrogen) atoms. The number of alkyl carbamates (subject to hydrolysis) is 1. The smallest absolute Gasteiger partial charge is 0.407 e. The number of unbranched alkanes of at least 4 members (excludes halogenated alkanes) is 1. The summed E-state index contributed by atoms with van der Waals surface area (Å²) in [6, 6.07) is 1.70. The number of esters is 1. The Balaban J connectivity index is 3.18. The van der Waals surface area contributed by atoms with Gasteiger partial charge in [0.2, 0.25) is 0 Å². The minimum Gasteiger partial charge on any atom is -0.493 e. The predicted octanol–water partition coefficient (Wildman–Crippen LogP) is 3.78. The number of hydrogen-bond donors (Lipinski definition) is 1. The van der Waals surface area contributed by atoms with Crippen molar-refractivity contribution in [3.05, 3.63) is 27.8 Å². The van der Waals surface area contributed by atoms with Gasteiger partial charge in [0.15, 0.2) is 16.6 Å². The van der Waals surface area contributed by atoms with Gasteiger partial charge in [0.25, 0.3) is 5.69 Å². The molecule has 0 aliphatic rings. The lowest BCUT2D eigenvalue weighted by Gasteiger charge is -2.20. The van der Waals surface area contributed by atoms with Crippen LogP contribution in [0, 0.1) is 10.1 Å². The Morgan fingerprint density at radius 1 is 1.15 bits per heavy atom. The van der Waals surface area contributed by atoms with E-state index in [0.717, 1.165) is 18.2 Å². The van der Waals surface area contributed by atoms with E-state index in [1.54, 1.807) is 0 Å². The quantitative estimate of drug-likeness (QED) is 0.178. The minimum absolute atomic E-state index is 0.0571. The van der Waals surface area contributed by atoms with Crippen LogP contribution < -0.4 is 14.8 Å². The van der Waals surface area contributed by atoms with Gasteiger partial charge in [0.05, 0.1) is 50.0 Å². The average molecular weight is 487 g/mol. The van der Waals surface area contributed by atoms with Gasteiger partial charge in [-0.05, 0) is 18.9 Å². The Bertz CT molecular complexity index is 832. The van der Waals surface area contributed by atoms with Gasteiger partial charge in [-0.15, -0.1) is 0 Å². The first-order valence-electron chi connectivity index (χ1n) is 10.4. The van der Waals surface area contributed by atoms with Gasteiger partial charge in [-0.2, -0.15) is 0 Å². The van der Waals surface area contributed by atoms with Crippen LogP contribution in [0.2, 0.25) is 0 Å². The summed E-state index contributed by atoms with van der Waals surface area (Å²) in [6.45, 7) is 3.62. The molecule has 0 radical (unpaired) electrons. The maximum atomic E-state index is 12.2. The van der Waals surface area contributed by atoms with Crippen LogP contribution in [0.3, 0.4) is 0 Å². The van der Waals surface area contributed by atoms with Crippen molar-refractivity contribution in [3.8, 4) is 11.5 Å². The zero-order valence-electron chi connectivity index (χ0n) is 19.2. The standard InChI is InChI=1S/C21H30N2O9S/c1-5-6-9-32-21(26)22-16(13-33-14(2)24)15-11-18(29-3)19(12-17(15)23(27)28)31-10-7-8-20(25)30-4/h11-12,16H,5-10,13H2,1-4H3,(H,22,26). The highest BCUT2D eigenvalue weighted by Crippen LogP contribution is 2.38. The molecule has 1 aromatic carbocycles. The normalized spacial score (nSPS) is 11.3. The first-order valence-corrected chi connectivity index (χ1v) is 11.3. The van der Waals surface area contributed by atoms with Crippen molar-refractivity contribution in [1.82, 2.24) is 5.32 Å². The third-order valence-corrected chi connectivity index (χ3v) is 5.28. The fourth-order valence-electron chi connectivity index (χ4n) is 2.68. The van der Waals surface area contributed by atoms with Crippen LogP contribution in [-0.4, -0.2) is 55.3 Å². The number of carbonyl (C=O) groups excluding carboxylic acids is 3. The maximum Gasteiger partial charge on any atom is 0.407 e. The number of thioether (sulfide) groups is 1. The fourth-order valence-corrected chi connectivity index (χ4v) is 3.34. The molecule has 0 aliphatic carbocycles. The SMILES string of the molecule is CCCCOC(=O)NC(CSC(C)=O)c1cc(OC)c(OCCCC(=O)OC)cc1[N+](=O)[O-]. The van der Waals surface area contributed by atoms with Gasteiger partial charge < -0.3 is 24.3 Å². The Morgan fingerprint density at radius 2 is 1.88 bits per heavy atom. The molecule has 1 atom stereocenters. The number of hydrogen-bond acceptors (Lipinski definition) is 10. The van der Waals surface area contributed by atoms with E-state index in [9.17, 15) is 24.5 Å². The first-order chi connectivity index (χ1) is 15.7. The van der Waals surface area contributed by atoms with Crippen LogP contribution in [0.5, 0.6) is 11.5 Å². The van der Waals surface area contributed by atoms with Crippen LogP contribution in [-0.2, 0) is 19.1 Å². The van der Waals surface area contributed by atoms with Crippen molar-refractivity contribution >= 4 is 34.6 Å². The lowest BCUT2D eigenvalue weighted by molar-refractivity contribution is -0.385. The van der Waals surface area contributed by atoms with E-state index in [1.165, 1.54) is 33.3 Å². The number of carbonyl (C=O) groups is 3. The predicted molar refractivity (Wildman–Crippen MR) is 122 cm³/mol. The second-order valence-corrected chi connectivity index (χ2v) is 8.03. The van der Waals surface area contributed by atoms with Crippen LogP contribution in [0.15, 0.2) is 12.1 Å². The molecule has 1 amide bonds. The highest BCUT2D eigenvalue weighted by Gasteiger charge is 2.28. The summed E-state index contributed by atoms with van der Waals surface area (Å²) < 4.78 is 20.6. The molecular formula is C21H30N2O9S. The maximum absolute atomic E-state index is 12.2. The Hall–Kier alpha value is -3.02. The van der Waals surface area contributed by atoms with Crippen molar-refractivity contribution in [3.63, 3.8) is 0 Å². The Morgan fingerprint density at radius 3 is 2.45 bits per heavy atom. The third-order valence-electron chi connectivity index (χ3n) is 4.37. The van der Waals surface area contributed by atoms with Crippen LogP contribution >= 0.6 is 11.8 Å². The van der Waals surface area contributed by atoms with E-state index < -0.39 is 23.0 Å². The molecule has 0 bridgehead atoms. The van der Waals surface area contributed by atoms with Gasteiger partial charge in [0.1, 0.15) is 0 Å². The molecule has 1 N–H and O–H groups in total. The van der Waals surface area contributed by atoms with Crippen molar-refractivity contribution < 1.29 is 38.3 Å². The van der Waals surface area contributed by atoms with E-state index in [2.05, 4.69) is 10.1 Å². The van der Waals surface area contributed by atoms with E-state index in [-0.39, 0.29) is 53.3 Å². The zero-order valence-corrected chi connectivity index (χ0v) is 20.0. The number of rotatable bonds is 14. The molecule has 0 saturated carbocycles. The van der Waals surface area contributed by atoms with Gasteiger partial charge >= 0.3 is 12.1 Å². The van der Waals surface area contributed by atoms with Crippen molar-refractivity contribution in [2.75, 3.05) is 33.2 Å². The highest BCUT2D eigenvalue weighted by molar-refractivity contribution is 8.13. The molecule has 1 unspecified atom stereocenters. The van der Waals surface area contributed by atoms with Gasteiger partial charge in [-0.25, -0.2) is 4.79 Å².